The molecule has 1 fully saturated rings. The van der Waals surface area contributed by atoms with Crippen LogP contribution in [0.2, 0.25) is 0 Å². The molecule has 6 nitrogen and oxygen atoms in total. The van der Waals surface area contributed by atoms with E-state index in [4.69, 9.17) is 5.73 Å². The molecular formula is C15H16F3N5O. The van der Waals surface area contributed by atoms with E-state index >= 15 is 0 Å². The lowest BCUT2D eigenvalue weighted by molar-refractivity contribution is -0.137. The largest absolute Gasteiger partial charge is 0.416 e. The fourth-order valence-electron chi connectivity index (χ4n) is 2.81. The van der Waals surface area contributed by atoms with E-state index in [1.165, 1.54) is 18.3 Å². The van der Waals surface area contributed by atoms with E-state index in [0.717, 1.165) is 29.7 Å². The lowest BCUT2D eigenvalue weighted by Gasteiger charge is -2.22. The smallest absolute Gasteiger partial charge is 0.333 e. The van der Waals surface area contributed by atoms with Crippen LogP contribution in [0.15, 0.2) is 30.5 Å². The van der Waals surface area contributed by atoms with Crippen molar-refractivity contribution >= 4 is 5.91 Å². The Hall–Kier alpha value is -2.42. The number of benzene rings is 1. The van der Waals surface area contributed by atoms with Crippen molar-refractivity contribution in [3.05, 3.63) is 41.7 Å². The molecule has 128 valence electrons. The Morgan fingerprint density at radius 1 is 1.38 bits per heavy atom. The molecule has 24 heavy (non-hydrogen) atoms. The normalized spacial score (nSPS) is 18.2. The molecule has 0 bridgehead atoms. The van der Waals surface area contributed by atoms with Crippen molar-refractivity contribution in [1.29, 1.82) is 0 Å². The second-order valence-electron chi connectivity index (χ2n) is 5.63. The van der Waals surface area contributed by atoms with E-state index in [1.807, 2.05) is 0 Å². The fraction of sp³-hybridized carbons (Fsp3) is 0.400. The SMILES string of the molecule is NCC1CCCN1C(=O)c1cn(-c2cccc(C(F)(F)F)c2)nn1. The van der Waals surface area contributed by atoms with Gasteiger partial charge in [0.2, 0.25) is 0 Å². The third-order valence-corrected chi connectivity index (χ3v) is 4.06. The summed E-state index contributed by atoms with van der Waals surface area (Å²) < 4.78 is 39.5. The van der Waals surface area contributed by atoms with Gasteiger partial charge < -0.3 is 10.6 Å². The molecule has 0 radical (unpaired) electrons. The number of hydrogen-bond donors (Lipinski definition) is 1. The number of carbonyl (C=O) groups is 1. The van der Waals surface area contributed by atoms with Gasteiger partial charge >= 0.3 is 6.18 Å². The van der Waals surface area contributed by atoms with Crippen molar-refractivity contribution in [2.24, 2.45) is 5.73 Å². The maximum atomic E-state index is 12.8. The van der Waals surface area contributed by atoms with Gasteiger partial charge in [0.15, 0.2) is 5.69 Å². The van der Waals surface area contributed by atoms with Gasteiger partial charge in [-0.1, -0.05) is 11.3 Å². The number of rotatable bonds is 3. The molecule has 1 saturated heterocycles. The summed E-state index contributed by atoms with van der Waals surface area (Å²) in [7, 11) is 0. The third-order valence-electron chi connectivity index (χ3n) is 4.06. The summed E-state index contributed by atoms with van der Waals surface area (Å²) in [5, 5.41) is 7.57. The molecule has 0 saturated carbocycles. The minimum Gasteiger partial charge on any atom is -0.333 e. The van der Waals surface area contributed by atoms with Crippen molar-refractivity contribution in [1.82, 2.24) is 19.9 Å². The quantitative estimate of drug-likeness (QED) is 0.926. The number of alkyl halides is 3. The maximum Gasteiger partial charge on any atom is 0.416 e. The second-order valence-corrected chi connectivity index (χ2v) is 5.63. The molecule has 1 aliphatic rings. The van der Waals surface area contributed by atoms with Gasteiger partial charge in [-0.15, -0.1) is 5.10 Å². The minimum atomic E-state index is -4.45. The first-order chi connectivity index (χ1) is 11.4. The van der Waals surface area contributed by atoms with Crippen LogP contribution in [0, 0.1) is 0 Å². The topological polar surface area (TPSA) is 77.0 Å². The molecule has 1 atom stereocenters. The Morgan fingerprint density at radius 2 is 2.17 bits per heavy atom. The van der Waals surface area contributed by atoms with Gasteiger partial charge in [-0.3, -0.25) is 4.79 Å². The van der Waals surface area contributed by atoms with Gasteiger partial charge in [0.1, 0.15) is 0 Å². The van der Waals surface area contributed by atoms with Gasteiger partial charge in [0, 0.05) is 19.1 Å². The van der Waals surface area contributed by atoms with Crippen LogP contribution in [-0.2, 0) is 6.18 Å². The summed E-state index contributed by atoms with van der Waals surface area (Å²) in [5.74, 6) is -0.304. The van der Waals surface area contributed by atoms with E-state index in [-0.39, 0.29) is 23.3 Å². The van der Waals surface area contributed by atoms with Crippen molar-refractivity contribution in [2.75, 3.05) is 13.1 Å². The number of nitrogens with two attached hydrogens (primary N) is 1. The first kappa shape index (κ1) is 16.4. The highest BCUT2D eigenvalue weighted by atomic mass is 19.4. The predicted octanol–water partition coefficient (Wildman–Crippen LogP) is 1.85. The molecule has 1 amide bonds. The Kier molecular flexibility index (Phi) is 4.27. The van der Waals surface area contributed by atoms with Crippen LogP contribution in [0.25, 0.3) is 5.69 Å². The molecule has 2 heterocycles. The van der Waals surface area contributed by atoms with Crippen molar-refractivity contribution in [2.45, 2.75) is 25.1 Å². The molecule has 3 rings (SSSR count). The number of halogens is 3. The van der Waals surface area contributed by atoms with Crippen LogP contribution >= 0.6 is 0 Å². The zero-order valence-corrected chi connectivity index (χ0v) is 12.7. The minimum absolute atomic E-state index is 0.0313. The van der Waals surface area contributed by atoms with Crippen molar-refractivity contribution in [3.63, 3.8) is 0 Å². The van der Waals surface area contributed by atoms with Crippen LogP contribution in [0.3, 0.4) is 0 Å². The van der Waals surface area contributed by atoms with Gasteiger partial charge in [0.25, 0.3) is 5.91 Å². The lowest BCUT2D eigenvalue weighted by Crippen LogP contribution is -2.40. The summed E-state index contributed by atoms with van der Waals surface area (Å²) in [6.45, 7) is 0.963. The Morgan fingerprint density at radius 3 is 2.88 bits per heavy atom. The van der Waals surface area contributed by atoms with Gasteiger partial charge in [-0.05, 0) is 31.0 Å². The summed E-state index contributed by atoms with van der Waals surface area (Å²) in [6, 6.07) is 4.66. The van der Waals surface area contributed by atoms with Crippen molar-refractivity contribution in [3.8, 4) is 5.69 Å². The molecule has 1 aromatic heterocycles. The van der Waals surface area contributed by atoms with Crippen molar-refractivity contribution < 1.29 is 18.0 Å². The highest BCUT2D eigenvalue weighted by Gasteiger charge is 2.31. The number of aromatic nitrogens is 3. The van der Waals surface area contributed by atoms with E-state index in [0.29, 0.717) is 13.1 Å². The number of nitrogens with zero attached hydrogens (tertiary/aromatic N) is 4. The summed E-state index contributed by atoms with van der Waals surface area (Å²) in [4.78, 5) is 14.1. The summed E-state index contributed by atoms with van der Waals surface area (Å²) in [6.07, 6.45) is -1.40. The summed E-state index contributed by atoms with van der Waals surface area (Å²) in [5.41, 5.74) is 5.14. The maximum absolute atomic E-state index is 12.8. The molecule has 1 aliphatic heterocycles. The van der Waals surface area contributed by atoms with Crippen LogP contribution in [-0.4, -0.2) is 44.9 Å². The van der Waals surface area contributed by atoms with Crippen LogP contribution in [0.5, 0.6) is 0 Å². The van der Waals surface area contributed by atoms with Gasteiger partial charge in [-0.25, -0.2) is 4.68 Å². The van der Waals surface area contributed by atoms with Gasteiger partial charge in [-0.2, -0.15) is 13.2 Å². The zero-order chi connectivity index (χ0) is 17.3. The first-order valence-electron chi connectivity index (χ1n) is 7.51. The van der Waals surface area contributed by atoms with Crippen LogP contribution in [0.4, 0.5) is 13.2 Å². The Bertz CT molecular complexity index is 743. The molecule has 2 aromatic rings. The highest BCUT2D eigenvalue weighted by molar-refractivity contribution is 5.92. The Balaban J connectivity index is 1.85. The van der Waals surface area contributed by atoms with E-state index < -0.39 is 11.7 Å². The average molecular weight is 339 g/mol. The Labute approximate surface area is 136 Å². The monoisotopic (exact) mass is 339 g/mol. The molecular weight excluding hydrogens is 323 g/mol. The standard InChI is InChI=1S/C15H16F3N5O/c16-15(17,18)10-3-1-4-11(7-10)23-9-13(20-21-23)14(24)22-6-2-5-12(22)8-19/h1,3-4,7,9,12H,2,5-6,8,19H2. The average Bonchev–Trinajstić information content (AvgIpc) is 3.22. The second kappa shape index (κ2) is 6.23. The molecule has 0 spiro atoms. The molecule has 2 N–H and O–H groups in total. The molecule has 1 aromatic carbocycles. The summed E-state index contributed by atoms with van der Waals surface area (Å²) >= 11 is 0. The predicted molar refractivity (Wildman–Crippen MR) is 79.5 cm³/mol. The third kappa shape index (κ3) is 3.12. The first-order valence-corrected chi connectivity index (χ1v) is 7.51. The number of carbonyl (C=O) groups excluding carboxylic acids is 1. The van der Waals surface area contributed by atoms with E-state index in [9.17, 15) is 18.0 Å². The molecule has 0 aliphatic carbocycles. The molecule has 9 heteroatoms. The van der Waals surface area contributed by atoms with E-state index in [1.54, 1.807) is 4.90 Å². The fourth-order valence-corrected chi connectivity index (χ4v) is 2.81. The van der Waals surface area contributed by atoms with E-state index in [2.05, 4.69) is 10.3 Å². The van der Waals surface area contributed by atoms with Gasteiger partial charge in [0.05, 0.1) is 17.4 Å². The zero-order valence-electron chi connectivity index (χ0n) is 12.7. The van der Waals surface area contributed by atoms with Crippen LogP contribution < -0.4 is 5.73 Å². The number of likely N-dealkylation sites (tertiary alicyclic amines) is 1. The number of hydrogen-bond acceptors (Lipinski definition) is 4. The number of amides is 1. The molecule has 1 unspecified atom stereocenters. The highest BCUT2D eigenvalue weighted by Crippen LogP contribution is 2.30. The lowest BCUT2D eigenvalue weighted by atomic mass is 10.2. The van der Waals surface area contributed by atoms with Crippen LogP contribution in [0.1, 0.15) is 28.9 Å².